The fraction of sp³-hybridized carbons (Fsp3) is 0.136. The maximum absolute atomic E-state index is 12.4. The normalized spacial score (nSPS) is 14.4. The van der Waals surface area contributed by atoms with Gasteiger partial charge in [0.25, 0.3) is 5.91 Å². The number of amides is 3. The van der Waals surface area contributed by atoms with Crippen LogP contribution < -0.4 is 14.8 Å². The fourth-order valence-corrected chi connectivity index (χ4v) is 3.68. The van der Waals surface area contributed by atoms with Gasteiger partial charge in [-0.25, -0.2) is 4.79 Å². The predicted molar refractivity (Wildman–Crippen MR) is 120 cm³/mol. The number of nitriles is 1. The van der Waals surface area contributed by atoms with Crippen molar-refractivity contribution in [3.63, 3.8) is 0 Å². The molecule has 1 saturated heterocycles. The van der Waals surface area contributed by atoms with Gasteiger partial charge in [0.05, 0.1) is 22.3 Å². The first-order chi connectivity index (χ1) is 14.5. The van der Waals surface area contributed by atoms with Crippen molar-refractivity contribution in [2.24, 2.45) is 0 Å². The average molecular weight is 515 g/mol. The summed E-state index contributed by atoms with van der Waals surface area (Å²) in [6, 6.07) is 12.4. The number of hydrogen-bond donors (Lipinski definition) is 1. The summed E-state index contributed by atoms with van der Waals surface area (Å²) in [6.07, 6.45) is 3.08. The Morgan fingerprint density at radius 2 is 2.07 bits per heavy atom. The van der Waals surface area contributed by atoms with Crippen LogP contribution in [0.5, 0.6) is 11.5 Å². The molecule has 7 nitrogen and oxygen atoms in total. The van der Waals surface area contributed by atoms with Gasteiger partial charge >= 0.3 is 6.03 Å². The quantitative estimate of drug-likeness (QED) is 0.262. The minimum atomic E-state index is -0.482. The zero-order valence-electron chi connectivity index (χ0n) is 16.1. The van der Waals surface area contributed by atoms with E-state index in [-0.39, 0.29) is 18.8 Å². The highest BCUT2D eigenvalue weighted by molar-refractivity contribution is 14.1. The molecule has 0 unspecified atom stereocenters. The number of nitrogens with one attached hydrogen (secondary N) is 1. The monoisotopic (exact) mass is 515 g/mol. The highest BCUT2D eigenvalue weighted by atomic mass is 127. The smallest absolute Gasteiger partial charge is 0.329 e. The third-order valence-electron chi connectivity index (χ3n) is 4.35. The van der Waals surface area contributed by atoms with Crippen LogP contribution in [0.3, 0.4) is 0 Å². The lowest BCUT2D eigenvalue weighted by Crippen LogP contribution is -2.30. The number of carbonyl (C=O) groups is 2. The van der Waals surface area contributed by atoms with Gasteiger partial charge in [-0.1, -0.05) is 24.3 Å². The van der Waals surface area contributed by atoms with Crippen molar-refractivity contribution in [1.29, 1.82) is 5.26 Å². The Labute approximate surface area is 187 Å². The Morgan fingerprint density at radius 3 is 2.77 bits per heavy atom. The lowest BCUT2D eigenvalue weighted by atomic mass is 10.1. The number of halogens is 1. The summed E-state index contributed by atoms with van der Waals surface area (Å²) in [5.74, 6) is 0.591. The van der Waals surface area contributed by atoms with E-state index in [1.165, 1.54) is 13.2 Å². The van der Waals surface area contributed by atoms with Gasteiger partial charge < -0.3 is 14.8 Å². The van der Waals surface area contributed by atoms with Crippen molar-refractivity contribution in [3.05, 3.63) is 75.0 Å². The Hall–Kier alpha value is -3.32. The molecule has 1 heterocycles. The summed E-state index contributed by atoms with van der Waals surface area (Å²) in [4.78, 5) is 25.4. The van der Waals surface area contributed by atoms with E-state index in [4.69, 9.17) is 9.47 Å². The molecular weight excluding hydrogens is 497 g/mol. The Bertz CT molecular complexity index is 1090. The Morgan fingerprint density at radius 1 is 1.30 bits per heavy atom. The number of nitrogens with zero attached hydrogens (tertiary/aromatic N) is 2. The number of methoxy groups -OCH3 is 1. The van der Waals surface area contributed by atoms with E-state index in [0.717, 1.165) is 14.0 Å². The second-order valence-corrected chi connectivity index (χ2v) is 7.45. The predicted octanol–water partition coefficient (Wildman–Crippen LogP) is 3.83. The van der Waals surface area contributed by atoms with E-state index in [1.807, 2.05) is 18.2 Å². The molecule has 0 aliphatic carbocycles. The van der Waals surface area contributed by atoms with Crippen molar-refractivity contribution in [3.8, 4) is 17.6 Å². The number of rotatable bonds is 7. The molecular formula is C22H18IN3O4. The Kier molecular flexibility index (Phi) is 6.74. The lowest BCUT2D eigenvalue weighted by Gasteiger charge is -2.14. The second-order valence-electron chi connectivity index (χ2n) is 6.28. The first-order valence-electron chi connectivity index (χ1n) is 8.92. The molecule has 0 radical (unpaired) electrons. The lowest BCUT2D eigenvalue weighted by molar-refractivity contribution is -0.122. The first-order valence-corrected chi connectivity index (χ1v) is 10.00. The third-order valence-corrected chi connectivity index (χ3v) is 5.15. The molecule has 0 saturated carbocycles. The molecule has 1 aliphatic heterocycles. The summed E-state index contributed by atoms with van der Waals surface area (Å²) >= 11 is 2.11. The summed E-state index contributed by atoms with van der Waals surface area (Å²) in [6.45, 7) is 3.90. The number of carbonyl (C=O) groups excluding carboxylic acids is 2. The van der Waals surface area contributed by atoms with Crippen molar-refractivity contribution in [2.75, 3.05) is 13.7 Å². The number of imide groups is 1. The van der Waals surface area contributed by atoms with Crippen LogP contribution in [0.15, 0.2) is 54.8 Å². The van der Waals surface area contributed by atoms with Crippen LogP contribution in [0.25, 0.3) is 6.08 Å². The molecule has 152 valence electrons. The molecule has 2 aromatic rings. The van der Waals surface area contributed by atoms with Crippen molar-refractivity contribution in [1.82, 2.24) is 10.2 Å². The van der Waals surface area contributed by atoms with Gasteiger partial charge in [-0.15, -0.1) is 6.58 Å². The topological polar surface area (TPSA) is 91.7 Å². The number of benzene rings is 2. The second kappa shape index (κ2) is 9.45. The van der Waals surface area contributed by atoms with Crippen LogP contribution in [-0.4, -0.2) is 30.5 Å². The molecule has 3 rings (SSSR count). The zero-order valence-corrected chi connectivity index (χ0v) is 18.3. The van der Waals surface area contributed by atoms with E-state index in [9.17, 15) is 14.9 Å². The molecule has 3 amide bonds. The number of hydrogen-bond acceptors (Lipinski definition) is 5. The van der Waals surface area contributed by atoms with E-state index in [2.05, 4.69) is 40.6 Å². The molecule has 1 N–H and O–H groups in total. The van der Waals surface area contributed by atoms with Crippen LogP contribution in [0.1, 0.15) is 16.7 Å². The van der Waals surface area contributed by atoms with E-state index in [0.29, 0.717) is 22.6 Å². The number of urea groups is 1. The van der Waals surface area contributed by atoms with Crippen molar-refractivity contribution in [2.45, 2.75) is 6.61 Å². The summed E-state index contributed by atoms with van der Waals surface area (Å²) in [7, 11) is 1.52. The summed E-state index contributed by atoms with van der Waals surface area (Å²) < 4.78 is 12.2. The van der Waals surface area contributed by atoms with Gasteiger partial charge in [-0.05, 0) is 52.4 Å². The maximum Gasteiger partial charge on any atom is 0.329 e. The third kappa shape index (κ3) is 4.46. The first kappa shape index (κ1) is 21.4. The highest BCUT2D eigenvalue weighted by Crippen LogP contribution is 2.35. The standard InChI is InChI=1S/C22H18IN3O4/c1-3-8-26-21(27)18(25-22(26)28)10-14-9-17(23)20(19(11-14)29-2)30-13-16-7-5-4-6-15(16)12-24/h3-7,9-11H,1,8,13H2,2H3,(H,25,28)/b18-10+. The van der Waals surface area contributed by atoms with Gasteiger partial charge in [0.1, 0.15) is 12.3 Å². The van der Waals surface area contributed by atoms with Crippen molar-refractivity contribution < 1.29 is 19.1 Å². The van der Waals surface area contributed by atoms with Gasteiger partial charge in [0, 0.05) is 12.1 Å². The molecule has 0 atom stereocenters. The summed E-state index contributed by atoms with van der Waals surface area (Å²) in [5, 5.41) is 11.8. The van der Waals surface area contributed by atoms with Crippen LogP contribution in [0.2, 0.25) is 0 Å². The van der Waals surface area contributed by atoms with E-state index >= 15 is 0 Å². The minimum Gasteiger partial charge on any atom is -0.493 e. The molecule has 0 bridgehead atoms. The zero-order chi connectivity index (χ0) is 21.7. The maximum atomic E-state index is 12.4. The molecule has 0 aromatic heterocycles. The van der Waals surface area contributed by atoms with Gasteiger partial charge in [0.2, 0.25) is 0 Å². The molecule has 0 spiro atoms. The minimum absolute atomic E-state index is 0.139. The number of ether oxygens (including phenoxy) is 2. The average Bonchev–Trinajstić information content (AvgIpc) is 3.00. The van der Waals surface area contributed by atoms with E-state index < -0.39 is 11.9 Å². The van der Waals surface area contributed by atoms with Gasteiger partial charge in [-0.2, -0.15) is 5.26 Å². The molecule has 30 heavy (non-hydrogen) atoms. The van der Waals surface area contributed by atoms with Crippen LogP contribution in [0, 0.1) is 14.9 Å². The van der Waals surface area contributed by atoms with Gasteiger partial charge in [-0.3, -0.25) is 9.69 Å². The van der Waals surface area contributed by atoms with E-state index in [1.54, 1.807) is 24.3 Å². The largest absolute Gasteiger partial charge is 0.493 e. The molecule has 2 aromatic carbocycles. The van der Waals surface area contributed by atoms with Crippen LogP contribution >= 0.6 is 22.6 Å². The summed E-state index contributed by atoms with van der Waals surface area (Å²) in [5.41, 5.74) is 2.17. The van der Waals surface area contributed by atoms with Gasteiger partial charge in [0.15, 0.2) is 11.5 Å². The van der Waals surface area contributed by atoms with Crippen LogP contribution in [-0.2, 0) is 11.4 Å². The Balaban J connectivity index is 1.86. The molecule has 1 aliphatic rings. The molecule has 1 fully saturated rings. The SMILES string of the molecule is C=CCN1C(=O)N/C(=C/c2cc(I)c(OCc3ccccc3C#N)c(OC)c2)C1=O. The van der Waals surface area contributed by atoms with Crippen molar-refractivity contribution >= 4 is 40.6 Å². The van der Waals surface area contributed by atoms with Crippen LogP contribution in [0.4, 0.5) is 4.79 Å². The fourth-order valence-electron chi connectivity index (χ4n) is 2.90. The molecule has 8 heteroatoms. The highest BCUT2D eigenvalue weighted by Gasteiger charge is 2.32.